The summed E-state index contributed by atoms with van der Waals surface area (Å²) in [5, 5.41) is 0. The Morgan fingerprint density at radius 3 is 2.56 bits per heavy atom. The minimum Gasteiger partial charge on any atom is -0.378 e. The number of allylic oxidation sites excluding steroid dienone is 1. The maximum Gasteiger partial charge on any atom is 0.141 e. The fourth-order valence-electron chi connectivity index (χ4n) is 4.21. The maximum atomic E-state index is 13.1. The van der Waals surface area contributed by atoms with Crippen molar-refractivity contribution in [3.8, 4) is 0 Å². The van der Waals surface area contributed by atoms with Crippen LogP contribution >= 0.6 is 0 Å². The summed E-state index contributed by atoms with van der Waals surface area (Å²) in [5.41, 5.74) is 2.12. The Bertz CT molecular complexity index is 690. The SMILES string of the molecule is CCCC(=O)C1C=CC(N2CCOCC2)=CC1(Cc1ccccc1)N(C)C. The molecule has 4 nitrogen and oxygen atoms in total. The molecule has 1 aliphatic heterocycles. The lowest BCUT2D eigenvalue weighted by atomic mass is 9.71. The van der Waals surface area contributed by atoms with Crippen LogP contribution in [0.1, 0.15) is 25.3 Å². The van der Waals surface area contributed by atoms with E-state index in [2.05, 4.69) is 73.3 Å². The number of benzene rings is 1. The molecule has 1 aromatic carbocycles. The van der Waals surface area contributed by atoms with Crippen molar-refractivity contribution in [2.75, 3.05) is 40.4 Å². The molecular formula is C23H32N2O2. The quantitative estimate of drug-likeness (QED) is 0.739. The van der Waals surface area contributed by atoms with E-state index in [0.29, 0.717) is 12.2 Å². The number of carbonyl (C=O) groups is 1. The third kappa shape index (κ3) is 4.33. The monoisotopic (exact) mass is 368 g/mol. The third-order valence-electron chi connectivity index (χ3n) is 5.78. The Hall–Kier alpha value is -1.91. The van der Waals surface area contributed by atoms with E-state index in [1.54, 1.807) is 0 Å². The average Bonchev–Trinajstić information content (AvgIpc) is 2.69. The molecule has 2 atom stereocenters. The molecule has 1 aromatic rings. The van der Waals surface area contributed by atoms with Crippen LogP contribution in [0.15, 0.2) is 54.3 Å². The largest absolute Gasteiger partial charge is 0.378 e. The zero-order chi connectivity index (χ0) is 19.3. The third-order valence-corrected chi connectivity index (χ3v) is 5.78. The molecule has 0 amide bonds. The zero-order valence-electron chi connectivity index (χ0n) is 16.9. The smallest absolute Gasteiger partial charge is 0.141 e. The first-order valence-electron chi connectivity index (χ1n) is 10.0. The van der Waals surface area contributed by atoms with Crippen LogP contribution in [0.2, 0.25) is 0 Å². The number of ketones is 1. The summed E-state index contributed by atoms with van der Waals surface area (Å²) in [5.74, 6) is 0.202. The second kappa shape index (κ2) is 8.85. The summed E-state index contributed by atoms with van der Waals surface area (Å²) in [4.78, 5) is 17.7. The Labute approximate surface area is 163 Å². The highest BCUT2D eigenvalue weighted by Gasteiger charge is 2.43. The molecule has 0 N–H and O–H groups in total. The van der Waals surface area contributed by atoms with Crippen molar-refractivity contribution >= 4 is 5.78 Å². The molecule has 146 valence electrons. The van der Waals surface area contributed by atoms with Crippen molar-refractivity contribution in [2.45, 2.75) is 31.7 Å². The van der Waals surface area contributed by atoms with E-state index in [4.69, 9.17) is 4.74 Å². The predicted octanol–water partition coefficient (Wildman–Crippen LogP) is 3.30. The number of Topliss-reactive ketones (excluding diaryl/α,β-unsaturated/α-hetero) is 1. The average molecular weight is 369 g/mol. The molecule has 2 aliphatic rings. The second-order valence-corrected chi connectivity index (χ2v) is 7.77. The van der Waals surface area contributed by atoms with Gasteiger partial charge in [-0.15, -0.1) is 0 Å². The van der Waals surface area contributed by atoms with Gasteiger partial charge in [0.15, 0.2) is 0 Å². The van der Waals surface area contributed by atoms with Gasteiger partial charge in [-0.05, 0) is 44.7 Å². The van der Waals surface area contributed by atoms with E-state index in [1.807, 2.05) is 6.07 Å². The number of hydrogen-bond donors (Lipinski definition) is 0. The number of likely N-dealkylation sites (N-methyl/N-ethyl adjacent to an activating group) is 1. The minimum atomic E-state index is -0.351. The number of ether oxygens (including phenoxy) is 1. The minimum absolute atomic E-state index is 0.127. The molecule has 1 aliphatic carbocycles. The van der Waals surface area contributed by atoms with Crippen LogP contribution in [-0.2, 0) is 16.0 Å². The van der Waals surface area contributed by atoms with E-state index in [1.165, 1.54) is 11.3 Å². The van der Waals surface area contributed by atoms with Crippen molar-refractivity contribution in [1.82, 2.24) is 9.80 Å². The number of nitrogens with zero attached hydrogens (tertiary/aromatic N) is 2. The van der Waals surface area contributed by atoms with E-state index in [0.717, 1.165) is 39.1 Å². The highest BCUT2D eigenvalue weighted by molar-refractivity contribution is 5.85. The first-order valence-corrected chi connectivity index (χ1v) is 10.0. The lowest BCUT2D eigenvalue weighted by Crippen LogP contribution is -2.54. The van der Waals surface area contributed by atoms with Crippen molar-refractivity contribution in [1.29, 1.82) is 0 Å². The molecule has 0 bridgehead atoms. The molecule has 27 heavy (non-hydrogen) atoms. The summed E-state index contributed by atoms with van der Waals surface area (Å²) in [7, 11) is 4.20. The molecule has 0 saturated carbocycles. The molecule has 0 aromatic heterocycles. The number of carbonyl (C=O) groups excluding carboxylic acids is 1. The van der Waals surface area contributed by atoms with Gasteiger partial charge in [0.1, 0.15) is 5.78 Å². The van der Waals surface area contributed by atoms with Gasteiger partial charge >= 0.3 is 0 Å². The van der Waals surface area contributed by atoms with Gasteiger partial charge in [-0.1, -0.05) is 43.3 Å². The van der Waals surface area contributed by atoms with Gasteiger partial charge in [-0.25, -0.2) is 0 Å². The van der Waals surface area contributed by atoms with E-state index in [9.17, 15) is 4.79 Å². The van der Waals surface area contributed by atoms with Crippen LogP contribution in [0.4, 0.5) is 0 Å². The van der Waals surface area contributed by atoms with Crippen LogP contribution in [-0.4, -0.2) is 61.5 Å². The van der Waals surface area contributed by atoms with E-state index in [-0.39, 0.29) is 11.5 Å². The van der Waals surface area contributed by atoms with Crippen molar-refractivity contribution in [3.05, 3.63) is 59.8 Å². The van der Waals surface area contributed by atoms with Crippen molar-refractivity contribution in [3.63, 3.8) is 0 Å². The fourth-order valence-corrected chi connectivity index (χ4v) is 4.21. The number of hydrogen-bond acceptors (Lipinski definition) is 4. The molecule has 1 heterocycles. The molecule has 2 unspecified atom stereocenters. The highest BCUT2D eigenvalue weighted by Crippen LogP contribution is 2.37. The molecule has 1 saturated heterocycles. The van der Waals surface area contributed by atoms with Gasteiger partial charge in [0.05, 0.1) is 24.7 Å². The summed E-state index contributed by atoms with van der Waals surface area (Å²) in [6, 6.07) is 10.5. The van der Waals surface area contributed by atoms with Gasteiger partial charge < -0.3 is 9.64 Å². The molecule has 0 radical (unpaired) electrons. The summed E-state index contributed by atoms with van der Waals surface area (Å²) in [6.07, 6.45) is 8.96. The molecule has 3 rings (SSSR count). The fraction of sp³-hybridized carbons (Fsp3) is 0.522. The molecule has 1 fully saturated rings. The van der Waals surface area contributed by atoms with Crippen LogP contribution in [0.5, 0.6) is 0 Å². The predicted molar refractivity (Wildman–Crippen MR) is 110 cm³/mol. The first kappa shape index (κ1) is 19.8. The molecule has 4 heteroatoms. The normalized spacial score (nSPS) is 25.6. The topological polar surface area (TPSA) is 32.8 Å². The number of rotatable bonds is 7. The maximum absolute atomic E-state index is 13.1. The number of morpholine rings is 1. The Morgan fingerprint density at radius 1 is 1.22 bits per heavy atom. The highest BCUT2D eigenvalue weighted by atomic mass is 16.5. The Kier molecular flexibility index (Phi) is 6.51. The van der Waals surface area contributed by atoms with Crippen LogP contribution < -0.4 is 0 Å². The zero-order valence-corrected chi connectivity index (χ0v) is 16.9. The van der Waals surface area contributed by atoms with Gasteiger partial charge in [0.25, 0.3) is 0 Å². The standard InChI is InChI=1S/C23H32N2O2/c1-4-8-22(26)21-12-11-20(25-13-15-27-16-14-25)18-23(21,24(2)3)17-19-9-6-5-7-10-19/h5-7,9-12,18,21H,4,8,13-17H2,1-3H3. The van der Waals surface area contributed by atoms with Gasteiger partial charge in [-0.2, -0.15) is 0 Å². The van der Waals surface area contributed by atoms with Crippen LogP contribution in [0.25, 0.3) is 0 Å². The van der Waals surface area contributed by atoms with Crippen molar-refractivity contribution < 1.29 is 9.53 Å². The summed E-state index contributed by atoms with van der Waals surface area (Å²) in [6.45, 7) is 5.40. The Morgan fingerprint density at radius 2 is 1.93 bits per heavy atom. The van der Waals surface area contributed by atoms with Gasteiger partial charge in [0.2, 0.25) is 0 Å². The van der Waals surface area contributed by atoms with Gasteiger partial charge in [-0.3, -0.25) is 9.69 Å². The van der Waals surface area contributed by atoms with Crippen LogP contribution in [0, 0.1) is 5.92 Å². The van der Waals surface area contributed by atoms with Gasteiger partial charge in [0, 0.05) is 25.2 Å². The summed E-state index contributed by atoms with van der Waals surface area (Å²) < 4.78 is 5.52. The summed E-state index contributed by atoms with van der Waals surface area (Å²) >= 11 is 0. The Balaban J connectivity index is 2.00. The van der Waals surface area contributed by atoms with Crippen molar-refractivity contribution in [2.24, 2.45) is 5.92 Å². The molecular weight excluding hydrogens is 336 g/mol. The van der Waals surface area contributed by atoms with E-state index >= 15 is 0 Å². The lowest BCUT2D eigenvalue weighted by Gasteiger charge is -2.46. The second-order valence-electron chi connectivity index (χ2n) is 7.77. The molecule has 0 spiro atoms. The van der Waals surface area contributed by atoms with Crippen LogP contribution in [0.3, 0.4) is 0 Å². The lowest BCUT2D eigenvalue weighted by molar-refractivity contribution is -0.124. The van der Waals surface area contributed by atoms with E-state index < -0.39 is 0 Å². The first-order chi connectivity index (χ1) is 13.1.